The van der Waals surface area contributed by atoms with Crippen LogP contribution in [0.3, 0.4) is 0 Å². The second kappa shape index (κ2) is 6.80. The standard InChI is InChI=1S/C24H15BrO3/c25-19-12-6-4-10-16(19)18-14-21(15-8-2-1-3-9-15)27-23-17-11-5-7-13-20(17)28-24(26)22(18)23/h1-14,18H. The minimum Gasteiger partial charge on any atom is -0.456 e. The number of rotatable bonds is 2. The second-order valence-corrected chi connectivity index (χ2v) is 7.48. The molecule has 1 aliphatic rings. The third-order valence-corrected chi connectivity index (χ3v) is 5.66. The van der Waals surface area contributed by atoms with Crippen molar-refractivity contribution in [2.24, 2.45) is 0 Å². The van der Waals surface area contributed by atoms with Crippen molar-refractivity contribution in [2.75, 3.05) is 0 Å². The van der Waals surface area contributed by atoms with Gasteiger partial charge in [0.2, 0.25) is 0 Å². The average Bonchev–Trinajstić information content (AvgIpc) is 2.74. The van der Waals surface area contributed by atoms with E-state index in [-0.39, 0.29) is 11.5 Å². The molecule has 0 amide bonds. The minimum atomic E-state index is -0.377. The molecule has 1 unspecified atom stereocenters. The molecular formula is C24H15BrO3. The summed E-state index contributed by atoms with van der Waals surface area (Å²) in [6, 6.07) is 25.3. The van der Waals surface area contributed by atoms with Gasteiger partial charge in [-0.25, -0.2) is 4.79 Å². The maximum absolute atomic E-state index is 12.9. The number of hydrogen-bond acceptors (Lipinski definition) is 3. The fourth-order valence-corrected chi connectivity index (χ4v) is 4.15. The van der Waals surface area contributed by atoms with Crippen molar-refractivity contribution < 1.29 is 9.15 Å². The lowest BCUT2D eigenvalue weighted by Crippen LogP contribution is -2.19. The summed E-state index contributed by atoms with van der Waals surface area (Å²) in [7, 11) is 0. The monoisotopic (exact) mass is 430 g/mol. The largest absolute Gasteiger partial charge is 0.456 e. The summed E-state index contributed by atoms with van der Waals surface area (Å²) in [6.45, 7) is 0. The molecule has 0 bridgehead atoms. The quantitative estimate of drug-likeness (QED) is 0.359. The molecule has 4 heteroatoms. The number of para-hydroxylation sites is 1. The summed E-state index contributed by atoms with van der Waals surface area (Å²) in [4.78, 5) is 12.9. The van der Waals surface area contributed by atoms with Gasteiger partial charge in [0.25, 0.3) is 0 Å². The first-order chi connectivity index (χ1) is 13.7. The van der Waals surface area contributed by atoms with E-state index in [1.165, 1.54) is 0 Å². The van der Waals surface area contributed by atoms with Gasteiger partial charge in [-0.05, 0) is 29.8 Å². The van der Waals surface area contributed by atoms with Gasteiger partial charge >= 0.3 is 5.63 Å². The summed E-state index contributed by atoms with van der Waals surface area (Å²) >= 11 is 3.63. The third-order valence-electron chi connectivity index (χ3n) is 4.94. The highest BCUT2D eigenvalue weighted by molar-refractivity contribution is 9.10. The van der Waals surface area contributed by atoms with E-state index in [4.69, 9.17) is 9.15 Å². The van der Waals surface area contributed by atoms with Crippen LogP contribution < -0.4 is 10.4 Å². The lowest BCUT2D eigenvalue weighted by atomic mass is 9.88. The Bertz CT molecular complexity index is 1270. The molecular weight excluding hydrogens is 416 g/mol. The Morgan fingerprint density at radius 2 is 1.54 bits per heavy atom. The highest BCUT2D eigenvalue weighted by atomic mass is 79.9. The van der Waals surface area contributed by atoms with E-state index in [1.54, 1.807) is 6.07 Å². The van der Waals surface area contributed by atoms with Crippen molar-refractivity contribution in [2.45, 2.75) is 5.92 Å². The van der Waals surface area contributed by atoms with Crippen LogP contribution in [0.2, 0.25) is 0 Å². The molecule has 0 spiro atoms. The molecule has 1 aromatic heterocycles. The van der Waals surface area contributed by atoms with E-state index in [9.17, 15) is 4.79 Å². The number of allylic oxidation sites excluding steroid dienone is 1. The van der Waals surface area contributed by atoms with Crippen LogP contribution >= 0.6 is 15.9 Å². The van der Waals surface area contributed by atoms with Gasteiger partial charge in [0.15, 0.2) is 0 Å². The molecule has 0 fully saturated rings. The molecule has 0 saturated heterocycles. The lowest BCUT2D eigenvalue weighted by Gasteiger charge is -2.26. The van der Waals surface area contributed by atoms with Crippen molar-refractivity contribution >= 4 is 32.7 Å². The van der Waals surface area contributed by atoms with E-state index < -0.39 is 0 Å². The molecule has 4 aromatic rings. The number of ether oxygens (including phenoxy) is 1. The molecule has 0 N–H and O–H groups in total. The fraction of sp³-hybridized carbons (Fsp3) is 0.0417. The van der Waals surface area contributed by atoms with E-state index >= 15 is 0 Å². The number of benzene rings is 3. The lowest BCUT2D eigenvalue weighted by molar-refractivity contribution is 0.472. The summed E-state index contributed by atoms with van der Waals surface area (Å²) < 4.78 is 12.8. The van der Waals surface area contributed by atoms with E-state index in [0.29, 0.717) is 16.9 Å². The summed E-state index contributed by atoms with van der Waals surface area (Å²) in [5.74, 6) is 1.01. The van der Waals surface area contributed by atoms with Crippen LogP contribution in [0.5, 0.6) is 5.75 Å². The second-order valence-electron chi connectivity index (χ2n) is 6.63. The van der Waals surface area contributed by atoms with Crippen LogP contribution in [0, 0.1) is 0 Å². The van der Waals surface area contributed by atoms with Crippen molar-refractivity contribution in [1.82, 2.24) is 0 Å². The molecule has 3 aromatic carbocycles. The highest BCUT2D eigenvalue weighted by Crippen LogP contribution is 2.44. The maximum atomic E-state index is 12.9. The number of fused-ring (bicyclic) bond motifs is 3. The number of hydrogen-bond donors (Lipinski definition) is 0. The van der Waals surface area contributed by atoms with Crippen molar-refractivity contribution in [3.63, 3.8) is 0 Å². The average molecular weight is 431 g/mol. The molecule has 0 radical (unpaired) electrons. The molecule has 0 saturated carbocycles. The van der Waals surface area contributed by atoms with Crippen molar-refractivity contribution in [3.05, 3.63) is 117 Å². The van der Waals surface area contributed by atoms with E-state index in [0.717, 1.165) is 26.7 Å². The molecule has 2 heterocycles. The van der Waals surface area contributed by atoms with Gasteiger partial charge in [-0.2, -0.15) is 0 Å². The van der Waals surface area contributed by atoms with Crippen LogP contribution in [-0.4, -0.2) is 0 Å². The zero-order valence-electron chi connectivity index (χ0n) is 14.8. The Morgan fingerprint density at radius 3 is 2.36 bits per heavy atom. The van der Waals surface area contributed by atoms with Crippen LogP contribution in [0.15, 0.2) is 98.6 Å². The van der Waals surface area contributed by atoms with Gasteiger partial charge in [0.05, 0.1) is 10.9 Å². The van der Waals surface area contributed by atoms with E-state index in [1.807, 2.05) is 78.9 Å². The predicted molar refractivity (Wildman–Crippen MR) is 114 cm³/mol. The first-order valence-electron chi connectivity index (χ1n) is 8.97. The fourth-order valence-electron chi connectivity index (χ4n) is 3.62. The van der Waals surface area contributed by atoms with Gasteiger partial charge in [0, 0.05) is 16.0 Å². The molecule has 3 nitrogen and oxygen atoms in total. The predicted octanol–water partition coefficient (Wildman–Crippen LogP) is 6.12. The molecule has 1 aliphatic heterocycles. The van der Waals surface area contributed by atoms with Crippen LogP contribution in [-0.2, 0) is 0 Å². The van der Waals surface area contributed by atoms with E-state index in [2.05, 4.69) is 15.9 Å². The highest BCUT2D eigenvalue weighted by Gasteiger charge is 2.31. The van der Waals surface area contributed by atoms with Gasteiger partial charge in [-0.3, -0.25) is 0 Å². The molecule has 28 heavy (non-hydrogen) atoms. The SMILES string of the molecule is O=c1oc2ccccc2c2c1C(c1ccccc1Br)C=C(c1ccccc1)O2. The van der Waals surface area contributed by atoms with Gasteiger partial charge in [-0.15, -0.1) is 0 Å². The smallest absolute Gasteiger partial charge is 0.344 e. The number of halogens is 1. The molecule has 5 rings (SSSR count). The van der Waals surface area contributed by atoms with Crippen molar-refractivity contribution in [1.29, 1.82) is 0 Å². The summed E-state index contributed by atoms with van der Waals surface area (Å²) in [6.07, 6.45) is 1.99. The Kier molecular flexibility index (Phi) is 4.14. The van der Waals surface area contributed by atoms with Gasteiger partial charge in [0.1, 0.15) is 17.1 Å². The van der Waals surface area contributed by atoms with Gasteiger partial charge in [-0.1, -0.05) is 76.6 Å². The zero-order chi connectivity index (χ0) is 19.1. The first-order valence-corrected chi connectivity index (χ1v) is 9.77. The van der Waals surface area contributed by atoms with Crippen LogP contribution in [0.25, 0.3) is 16.7 Å². The van der Waals surface area contributed by atoms with Gasteiger partial charge < -0.3 is 9.15 Å². The maximum Gasteiger partial charge on any atom is 0.344 e. The topological polar surface area (TPSA) is 39.4 Å². The normalized spacial score (nSPS) is 15.6. The Hall–Kier alpha value is -3.11. The zero-order valence-corrected chi connectivity index (χ0v) is 16.3. The Morgan fingerprint density at radius 1 is 0.821 bits per heavy atom. The van der Waals surface area contributed by atoms with Crippen molar-refractivity contribution in [3.8, 4) is 5.75 Å². The summed E-state index contributed by atoms with van der Waals surface area (Å²) in [5, 5.41) is 0.788. The minimum absolute atomic E-state index is 0.282. The third kappa shape index (κ3) is 2.77. The van der Waals surface area contributed by atoms with Crippen LogP contribution in [0.4, 0.5) is 0 Å². The first kappa shape index (κ1) is 17.0. The van der Waals surface area contributed by atoms with Crippen LogP contribution in [0.1, 0.15) is 22.6 Å². The Labute approximate surface area is 170 Å². The Balaban J connectivity index is 1.82. The summed E-state index contributed by atoms with van der Waals surface area (Å²) in [5.41, 5.74) is 2.61. The molecule has 136 valence electrons. The molecule has 1 atom stereocenters. The molecule has 0 aliphatic carbocycles.